The van der Waals surface area contributed by atoms with Crippen molar-refractivity contribution in [2.24, 2.45) is 0 Å². The van der Waals surface area contributed by atoms with Gasteiger partial charge in [0.1, 0.15) is 5.75 Å². The van der Waals surface area contributed by atoms with Crippen molar-refractivity contribution in [3.8, 4) is 5.75 Å². The molecule has 1 amide bonds. The van der Waals surface area contributed by atoms with Crippen LogP contribution in [0.3, 0.4) is 0 Å². The third kappa shape index (κ3) is 2.84. The van der Waals surface area contributed by atoms with Crippen LogP contribution < -0.4 is 5.32 Å². The van der Waals surface area contributed by atoms with E-state index in [-0.39, 0.29) is 17.0 Å². The average Bonchev–Trinajstić information content (AvgIpc) is 2.20. The lowest BCUT2D eigenvalue weighted by Gasteiger charge is -2.06. The number of phenols is 1. The van der Waals surface area contributed by atoms with E-state index in [0.29, 0.717) is 0 Å². The molecule has 0 aromatic heterocycles. The predicted octanol–water partition coefficient (Wildman–Crippen LogP) is 1.60. The first kappa shape index (κ1) is 11.8. The minimum Gasteiger partial charge on any atom is -0.508 e. The number of anilines is 1. The number of amides is 1. The zero-order chi connectivity index (χ0) is 12.1. The van der Waals surface area contributed by atoms with Crippen molar-refractivity contribution < 1.29 is 19.8 Å². The molecule has 0 bridgehead atoms. The Hall–Kier alpha value is -2.30. The normalized spacial score (nSPS) is 10.3. The standard InChI is InChI=1S/C11H11NO4/c1-2-3-10(14)12-9-5-4-7(13)6-8(9)11(15)16/h2-6,13H,1H3,(H,12,14)(H,15,16). The molecule has 0 heterocycles. The van der Waals surface area contributed by atoms with Crippen molar-refractivity contribution in [3.63, 3.8) is 0 Å². The fraction of sp³-hybridized carbons (Fsp3) is 0.0909. The number of aromatic hydroxyl groups is 1. The van der Waals surface area contributed by atoms with Crippen LogP contribution in [0.2, 0.25) is 0 Å². The van der Waals surface area contributed by atoms with Crippen LogP contribution in [0.1, 0.15) is 17.3 Å². The van der Waals surface area contributed by atoms with E-state index in [1.165, 1.54) is 24.3 Å². The van der Waals surface area contributed by atoms with Gasteiger partial charge < -0.3 is 15.5 Å². The summed E-state index contributed by atoms with van der Waals surface area (Å²) in [5.74, 6) is -1.80. The minimum absolute atomic E-state index is 0.147. The summed E-state index contributed by atoms with van der Waals surface area (Å²) >= 11 is 0. The first-order chi connectivity index (χ1) is 7.54. The van der Waals surface area contributed by atoms with Gasteiger partial charge in [0, 0.05) is 0 Å². The molecule has 5 nitrogen and oxygen atoms in total. The molecule has 1 aromatic rings. The second-order valence-corrected chi connectivity index (χ2v) is 3.02. The maximum atomic E-state index is 11.2. The summed E-state index contributed by atoms with van der Waals surface area (Å²) in [6, 6.07) is 3.71. The Bertz CT molecular complexity index is 451. The van der Waals surface area contributed by atoms with Crippen LogP contribution in [-0.4, -0.2) is 22.1 Å². The fourth-order valence-corrected chi connectivity index (χ4v) is 1.14. The van der Waals surface area contributed by atoms with Crippen LogP contribution in [0, 0.1) is 0 Å². The number of nitrogens with one attached hydrogen (secondary N) is 1. The van der Waals surface area contributed by atoms with Crippen LogP contribution in [0.5, 0.6) is 5.75 Å². The van der Waals surface area contributed by atoms with Gasteiger partial charge in [0.05, 0.1) is 11.3 Å². The van der Waals surface area contributed by atoms with Gasteiger partial charge in [-0.25, -0.2) is 4.79 Å². The number of aromatic carboxylic acids is 1. The first-order valence-electron chi connectivity index (χ1n) is 4.54. The molecule has 3 N–H and O–H groups in total. The van der Waals surface area contributed by atoms with Gasteiger partial charge in [-0.3, -0.25) is 4.79 Å². The van der Waals surface area contributed by atoms with Gasteiger partial charge in [-0.15, -0.1) is 0 Å². The number of hydrogen-bond donors (Lipinski definition) is 3. The molecule has 0 unspecified atom stereocenters. The highest BCUT2D eigenvalue weighted by molar-refractivity contribution is 6.04. The zero-order valence-corrected chi connectivity index (χ0v) is 8.60. The van der Waals surface area contributed by atoms with E-state index in [1.54, 1.807) is 6.92 Å². The van der Waals surface area contributed by atoms with E-state index in [0.717, 1.165) is 6.07 Å². The SMILES string of the molecule is CC=CC(=O)Nc1ccc(O)cc1C(=O)O. The number of benzene rings is 1. The molecule has 84 valence electrons. The molecule has 0 radical (unpaired) electrons. The fourth-order valence-electron chi connectivity index (χ4n) is 1.14. The summed E-state index contributed by atoms with van der Waals surface area (Å²) < 4.78 is 0. The maximum absolute atomic E-state index is 11.2. The van der Waals surface area contributed by atoms with E-state index >= 15 is 0 Å². The molecule has 0 aliphatic rings. The predicted molar refractivity (Wildman–Crippen MR) is 58.5 cm³/mol. The number of phenolic OH excluding ortho intramolecular Hbond substituents is 1. The minimum atomic E-state index is -1.22. The van der Waals surface area contributed by atoms with Crippen LogP contribution in [0.25, 0.3) is 0 Å². The molecular weight excluding hydrogens is 210 g/mol. The topological polar surface area (TPSA) is 86.6 Å². The molecular formula is C11H11NO4. The van der Waals surface area contributed by atoms with Crippen molar-refractivity contribution in [1.82, 2.24) is 0 Å². The monoisotopic (exact) mass is 221 g/mol. The van der Waals surface area contributed by atoms with Gasteiger partial charge in [-0.05, 0) is 31.2 Å². The van der Waals surface area contributed by atoms with Crippen LogP contribution in [0.15, 0.2) is 30.4 Å². The van der Waals surface area contributed by atoms with Crippen LogP contribution in [-0.2, 0) is 4.79 Å². The Morgan fingerprint density at radius 1 is 1.38 bits per heavy atom. The first-order valence-corrected chi connectivity index (χ1v) is 4.54. The second-order valence-electron chi connectivity index (χ2n) is 3.02. The number of carbonyl (C=O) groups excluding carboxylic acids is 1. The zero-order valence-electron chi connectivity index (χ0n) is 8.60. The molecule has 0 aliphatic carbocycles. The van der Waals surface area contributed by atoms with Gasteiger partial charge in [0.25, 0.3) is 0 Å². The number of carboxylic acids is 1. The molecule has 0 atom stereocenters. The Labute approximate surface area is 92.0 Å². The quantitative estimate of drug-likeness (QED) is 0.534. The molecule has 5 heteroatoms. The van der Waals surface area contributed by atoms with E-state index in [4.69, 9.17) is 10.2 Å². The van der Waals surface area contributed by atoms with Gasteiger partial charge in [0.2, 0.25) is 5.91 Å². The van der Waals surface area contributed by atoms with Crippen LogP contribution in [0.4, 0.5) is 5.69 Å². The molecule has 0 aliphatic heterocycles. The van der Waals surface area contributed by atoms with Gasteiger partial charge in [-0.1, -0.05) is 6.08 Å². The summed E-state index contributed by atoms with van der Waals surface area (Å²) in [5.41, 5.74) is -0.00810. The number of allylic oxidation sites excluding steroid dienone is 1. The Balaban J connectivity index is 3.04. The average molecular weight is 221 g/mol. The summed E-state index contributed by atoms with van der Waals surface area (Å²) in [6.07, 6.45) is 2.81. The summed E-state index contributed by atoms with van der Waals surface area (Å²) in [5, 5.41) is 20.4. The lowest BCUT2D eigenvalue weighted by atomic mass is 10.1. The van der Waals surface area contributed by atoms with E-state index in [1.807, 2.05) is 0 Å². The largest absolute Gasteiger partial charge is 0.508 e. The summed E-state index contributed by atoms with van der Waals surface area (Å²) in [7, 11) is 0. The van der Waals surface area contributed by atoms with E-state index < -0.39 is 11.9 Å². The van der Waals surface area contributed by atoms with Crippen molar-refractivity contribution >= 4 is 17.6 Å². The van der Waals surface area contributed by atoms with E-state index in [9.17, 15) is 9.59 Å². The molecule has 16 heavy (non-hydrogen) atoms. The van der Waals surface area contributed by atoms with E-state index in [2.05, 4.69) is 5.32 Å². The van der Waals surface area contributed by atoms with Gasteiger partial charge in [-0.2, -0.15) is 0 Å². The number of rotatable bonds is 3. The van der Waals surface area contributed by atoms with Crippen molar-refractivity contribution in [2.75, 3.05) is 5.32 Å². The Kier molecular flexibility index (Phi) is 3.66. The molecule has 0 fully saturated rings. The highest BCUT2D eigenvalue weighted by Gasteiger charge is 2.12. The van der Waals surface area contributed by atoms with Gasteiger partial charge in [0.15, 0.2) is 0 Å². The van der Waals surface area contributed by atoms with Crippen molar-refractivity contribution in [3.05, 3.63) is 35.9 Å². The second kappa shape index (κ2) is 4.97. The Morgan fingerprint density at radius 2 is 2.06 bits per heavy atom. The summed E-state index contributed by atoms with van der Waals surface area (Å²) in [4.78, 5) is 22.1. The third-order valence-electron chi connectivity index (χ3n) is 1.81. The molecule has 0 saturated heterocycles. The number of hydrogen-bond acceptors (Lipinski definition) is 3. The Morgan fingerprint density at radius 3 is 2.62 bits per heavy atom. The highest BCUT2D eigenvalue weighted by Crippen LogP contribution is 2.21. The van der Waals surface area contributed by atoms with Crippen molar-refractivity contribution in [1.29, 1.82) is 0 Å². The van der Waals surface area contributed by atoms with Crippen molar-refractivity contribution in [2.45, 2.75) is 6.92 Å². The number of carbonyl (C=O) groups is 2. The maximum Gasteiger partial charge on any atom is 0.337 e. The lowest BCUT2D eigenvalue weighted by molar-refractivity contribution is -0.111. The molecule has 0 saturated carbocycles. The molecule has 1 aromatic carbocycles. The smallest absolute Gasteiger partial charge is 0.337 e. The molecule has 0 spiro atoms. The third-order valence-corrected chi connectivity index (χ3v) is 1.81. The lowest BCUT2D eigenvalue weighted by Crippen LogP contribution is -2.11. The van der Waals surface area contributed by atoms with Crippen LogP contribution >= 0.6 is 0 Å². The van der Waals surface area contributed by atoms with Gasteiger partial charge >= 0.3 is 5.97 Å². The highest BCUT2D eigenvalue weighted by atomic mass is 16.4. The number of carboxylic acid groups (broad SMARTS) is 1. The molecule has 1 rings (SSSR count). The summed E-state index contributed by atoms with van der Waals surface area (Å²) in [6.45, 7) is 1.68.